The number of methoxy groups -OCH3 is 1. The first-order valence-electron chi connectivity index (χ1n) is 17.6. The molecule has 1 heterocycles. The van der Waals surface area contributed by atoms with Crippen molar-refractivity contribution in [3.05, 3.63) is 71.1 Å². The van der Waals surface area contributed by atoms with Crippen molar-refractivity contribution in [2.24, 2.45) is 22.7 Å². The Hall–Kier alpha value is -3.52. The second-order valence-corrected chi connectivity index (χ2v) is 15.2. The van der Waals surface area contributed by atoms with Gasteiger partial charge in [-0.15, -0.1) is 5.10 Å². The number of nitrogens with zero attached hydrogens (tertiary/aromatic N) is 3. The summed E-state index contributed by atoms with van der Waals surface area (Å²) in [5, 5.41) is 19.7. The third-order valence-electron chi connectivity index (χ3n) is 11.3. The van der Waals surface area contributed by atoms with E-state index < -0.39 is 5.60 Å². The van der Waals surface area contributed by atoms with Crippen LogP contribution in [0.4, 0.5) is 0 Å². The number of allylic oxidation sites excluding steroid dienone is 5. The summed E-state index contributed by atoms with van der Waals surface area (Å²) in [6.07, 6.45) is 17.1. The first kappa shape index (κ1) is 37.3. The molecule has 8 nitrogen and oxygen atoms in total. The lowest BCUT2D eigenvalue weighted by Gasteiger charge is -2.60. The van der Waals surface area contributed by atoms with Crippen LogP contribution in [0.1, 0.15) is 118 Å². The van der Waals surface area contributed by atoms with E-state index in [1.165, 1.54) is 11.1 Å². The Morgan fingerprint density at radius 1 is 1.00 bits per heavy atom. The minimum atomic E-state index is -0.688. The molecule has 48 heavy (non-hydrogen) atoms. The van der Waals surface area contributed by atoms with Gasteiger partial charge in [0.05, 0.1) is 18.9 Å². The predicted molar refractivity (Wildman–Crippen MR) is 190 cm³/mol. The molecule has 2 fully saturated rings. The van der Waals surface area contributed by atoms with E-state index in [9.17, 15) is 14.7 Å². The predicted octanol–water partition coefficient (Wildman–Crippen LogP) is 8.67. The first-order chi connectivity index (χ1) is 22.7. The number of hydrogen-bond acceptors (Lipinski definition) is 7. The summed E-state index contributed by atoms with van der Waals surface area (Å²) in [6.45, 7) is 14.8. The van der Waals surface area contributed by atoms with Crippen molar-refractivity contribution in [1.82, 2.24) is 15.0 Å². The van der Waals surface area contributed by atoms with E-state index in [1.807, 2.05) is 37.3 Å². The minimum Gasteiger partial charge on any atom is -0.494 e. The molecule has 4 rings (SSSR count). The maximum Gasteiger partial charge on any atom is 0.333 e. The number of ether oxygens (including phenoxy) is 2. The van der Waals surface area contributed by atoms with Gasteiger partial charge in [0.25, 0.3) is 0 Å². The highest BCUT2D eigenvalue weighted by Gasteiger charge is 2.59. The first-order valence-corrected chi connectivity index (χ1v) is 17.6. The Kier molecular flexibility index (Phi) is 12.3. The Balaban J connectivity index is 1.19. The summed E-state index contributed by atoms with van der Waals surface area (Å²) in [7, 11) is 1.61. The molecule has 0 unspecified atom stereocenters. The van der Waals surface area contributed by atoms with E-state index in [2.05, 4.69) is 57.1 Å². The summed E-state index contributed by atoms with van der Waals surface area (Å²) < 4.78 is 12.5. The van der Waals surface area contributed by atoms with Crippen molar-refractivity contribution in [3.63, 3.8) is 0 Å². The lowest BCUT2D eigenvalue weighted by Crippen LogP contribution is -2.59. The fourth-order valence-electron chi connectivity index (χ4n) is 8.37. The smallest absolute Gasteiger partial charge is 0.333 e. The van der Waals surface area contributed by atoms with E-state index in [4.69, 9.17) is 9.47 Å². The molecule has 2 aliphatic rings. The van der Waals surface area contributed by atoms with Crippen LogP contribution in [-0.2, 0) is 20.9 Å². The van der Waals surface area contributed by atoms with E-state index in [0.29, 0.717) is 35.1 Å². The average molecular weight is 660 g/mol. The quantitative estimate of drug-likeness (QED) is 0.123. The van der Waals surface area contributed by atoms with E-state index in [0.717, 1.165) is 63.5 Å². The van der Waals surface area contributed by atoms with Gasteiger partial charge in [0, 0.05) is 17.4 Å². The minimum absolute atomic E-state index is 0.0105. The number of aliphatic hydroxyl groups is 1. The third-order valence-corrected chi connectivity index (χ3v) is 11.3. The highest BCUT2D eigenvalue weighted by atomic mass is 16.5. The highest BCUT2D eigenvalue weighted by Crippen LogP contribution is 2.62. The fraction of sp³-hybridized carbons (Fsp3) is 0.600. The maximum absolute atomic E-state index is 12.8. The summed E-state index contributed by atoms with van der Waals surface area (Å²) in [6, 6.07) is 7.52. The van der Waals surface area contributed by atoms with Crippen LogP contribution >= 0.6 is 0 Å². The maximum atomic E-state index is 12.8. The number of esters is 1. The Morgan fingerprint density at radius 2 is 1.67 bits per heavy atom. The van der Waals surface area contributed by atoms with E-state index in [-0.39, 0.29) is 29.3 Å². The lowest BCUT2D eigenvalue weighted by atomic mass is 9.45. The Labute approximate surface area is 287 Å². The molecule has 1 aromatic heterocycles. The van der Waals surface area contributed by atoms with Gasteiger partial charge in [0.2, 0.25) is 0 Å². The largest absolute Gasteiger partial charge is 0.494 e. The summed E-state index contributed by atoms with van der Waals surface area (Å²) in [4.78, 5) is 25.3. The SMILES string of the molecule is COc1ccccc1-n1cc(COC(=O)/C(C)=C/CC/C(C)=C/CC/C(C)=C/CC[C@@H]2[C@@]3(C)CCC(=O)C(C)(C)[C@H]3CC[C@@]2(C)O)nn1. The van der Waals surface area contributed by atoms with Crippen molar-refractivity contribution < 1.29 is 24.2 Å². The number of carbonyl (C=O) groups is 2. The molecule has 262 valence electrons. The molecular weight excluding hydrogens is 602 g/mol. The van der Waals surface area contributed by atoms with Gasteiger partial charge in [-0.25, -0.2) is 9.48 Å². The number of rotatable bonds is 14. The zero-order valence-corrected chi connectivity index (χ0v) is 30.5. The molecule has 0 spiro atoms. The molecule has 4 atom stereocenters. The van der Waals surface area contributed by atoms with Crippen LogP contribution < -0.4 is 4.74 Å². The number of para-hydroxylation sites is 2. The zero-order chi connectivity index (χ0) is 35.1. The molecule has 1 N–H and O–H groups in total. The summed E-state index contributed by atoms with van der Waals surface area (Å²) in [5.74, 6) is 1.23. The van der Waals surface area contributed by atoms with E-state index in [1.54, 1.807) is 24.9 Å². The number of hydrogen-bond donors (Lipinski definition) is 1. The molecule has 0 bridgehead atoms. The topological polar surface area (TPSA) is 104 Å². The molecule has 2 aliphatic carbocycles. The second kappa shape index (κ2) is 15.8. The summed E-state index contributed by atoms with van der Waals surface area (Å²) in [5.41, 5.74) is 3.57. The van der Waals surface area contributed by atoms with Crippen LogP contribution in [0.3, 0.4) is 0 Å². The van der Waals surface area contributed by atoms with Crippen molar-refractivity contribution in [2.75, 3.05) is 7.11 Å². The number of fused-ring (bicyclic) bond motifs is 1. The molecule has 0 amide bonds. The molecule has 0 radical (unpaired) electrons. The molecule has 1 aromatic carbocycles. The van der Waals surface area contributed by atoms with Gasteiger partial charge in [-0.2, -0.15) is 0 Å². The number of aromatic nitrogens is 3. The monoisotopic (exact) mass is 659 g/mol. The van der Waals surface area contributed by atoms with Gasteiger partial charge in [-0.05, 0) is 115 Å². The molecular formula is C40H57N3O5. The normalized spacial score (nSPS) is 26.3. The van der Waals surface area contributed by atoms with Gasteiger partial charge in [0.15, 0.2) is 0 Å². The van der Waals surface area contributed by atoms with Crippen molar-refractivity contribution in [1.29, 1.82) is 0 Å². The van der Waals surface area contributed by atoms with Gasteiger partial charge in [-0.3, -0.25) is 4.79 Å². The molecule has 2 saturated carbocycles. The fourth-order valence-corrected chi connectivity index (χ4v) is 8.37. The van der Waals surface area contributed by atoms with Crippen molar-refractivity contribution >= 4 is 11.8 Å². The number of carbonyl (C=O) groups excluding carboxylic acids is 2. The van der Waals surface area contributed by atoms with Gasteiger partial charge in [0.1, 0.15) is 29.5 Å². The number of benzene rings is 1. The standard InChI is InChI=1S/C40H57N3O5/c1-28(16-12-18-30(3)37(45)48-27-31-26-43(42-41-31)32-19-9-10-20-33(32)47-8)14-11-15-29(2)17-13-21-35-39(6)24-23-36(44)38(4,5)34(39)22-25-40(35,7)46/h9-10,14,17-20,26,34-35,46H,11-13,15-16,21-25,27H2,1-8H3/b28-14+,29-17+,30-18+/t34-,35-,39+,40-/m1/s1. The zero-order valence-electron chi connectivity index (χ0n) is 30.5. The molecule has 0 aliphatic heterocycles. The van der Waals surface area contributed by atoms with Crippen LogP contribution in [-0.4, -0.2) is 44.6 Å². The molecule has 2 aromatic rings. The van der Waals surface area contributed by atoms with Crippen LogP contribution in [0, 0.1) is 22.7 Å². The van der Waals surface area contributed by atoms with Gasteiger partial charge < -0.3 is 14.6 Å². The Morgan fingerprint density at radius 3 is 2.38 bits per heavy atom. The van der Waals surface area contributed by atoms with Gasteiger partial charge in [-0.1, -0.05) is 67.5 Å². The second-order valence-electron chi connectivity index (χ2n) is 15.2. The molecule has 0 saturated heterocycles. The van der Waals surface area contributed by atoms with Gasteiger partial charge >= 0.3 is 5.97 Å². The van der Waals surface area contributed by atoms with Crippen LogP contribution in [0.15, 0.2) is 65.4 Å². The van der Waals surface area contributed by atoms with Crippen LogP contribution in [0.5, 0.6) is 5.75 Å². The molecule has 8 heteroatoms. The number of ketones is 1. The summed E-state index contributed by atoms with van der Waals surface area (Å²) >= 11 is 0. The lowest BCUT2D eigenvalue weighted by molar-refractivity contribution is -0.177. The van der Waals surface area contributed by atoms with E-state index >= 15 is 0 Å². The average Bonchev–Trinajstić information content (AvgIpc) is 3.52. The highest BCUT2D eigenvalue weighted by molar-refractivity contribution is 5.87. The third kappa shape index (κ3) is 8.73. The van der Waals surface area contributed by atoms with Crippen molar-refractivity contribution in [2.45, 2.75) is 125 Å². The Bertz CT molecular complexity index is 1530. The van der Waals surface area contributed by atoms with Crippen LogP contribution in [0.25, 0.3) is 5.69 Å². The van der Waals surface area contributed by atoms with Crippen LogP contribution in [0.2, 0.25) is 0 Å². The number of Topliss-reactive ketones (excluding diaryl/α,β-unsaturated/α-hetero) is 1. The van der Waals surface area contributed by atoms with Crippen molar-refractivity contribution in [3.8, 4) is 11.4 Å².